The number of nitrogens with one attached hydrogen (secondary N) is 1. The molecule has 0 saturated carbocycles. The number of aliphatic hydroxyl groups excluding tert-OH is 1. The van der Waals surface area contributed by atoms with Crippen LogP contribution in [0.15, 0.2) is 42.5 Å². The monoisotopic (exact) mass is 473 g/mol. The number of ether oxygens (including phenoxy) is 1. The molecule has 2 aromatic carbocycles. The largest absolute Gasteiger partial charge is 0.491 e. The van der Waals surface area contributed by atoms with Crippen molar-refractivity contribution in [3.8, 4) is 5.75 Å². The maximum Gasteiger partial charge on any atom is 0.308 e. The fourth-order valence-electron chi connectivity index (χ4n) is 3.05. The number of anilines is 1. The molecule has 7 nitrogen and oxygen atoms in total. The molecule has 1 unspecified atom stereocenters. The zero-order valence-electron chi connectivity index (χ0n) is 16.6. The molecule has 0 spiro atoms. The van der Waals surface area contributed by atoms with Crippen molar-refractivity contribution in [2.45, 2.75) is 13.0 Å². The van der Waals surface area contributed by atoms with Gasteiger partial charge in [-0.2, -0.15) is 13.2 Å². The lowest BCUT2D eigenvalue weighted by Crippen LogP contribution is -2.49. The van der Waals surface area contributed by atoms with Crippen LogP contribution in [0.1, 0.15) is 5.56 Å². The minimum atomic E-state index is -2.61. The second-order valence-corrected chi connectivity index (χ2v) is 8.18. The van der Waals surface area contributed by atoms with E-state index < -0.39 is 16.6 Å². The third kappa shape index (κ3) is 8.49. The highest BCUT2D eigenvalue weighted by Gasteiger charge is 2.20. The molecular weight excluding hydrogens is 449 g/mol. The number of nitrogens with zero attached hydrogens (tertiary/aromatic N) is 2. The molecule has 0 amide bonds. The molecule has 2 aromatic rings. The minimum Gasteiger partial charge on any atom is -0.491 e. The zero-order valence-corrected chi connectivity index (χ0v) is 18.9. The summed E-state index contributed by atoms with van der Waals surface area (Å²) in [6, 6.07) is 13.6. The van der Waals surface area contributed by atoms with Gasteiger partial charge in [0, 0.05) is 38.4 Å². The Morgan fingerprint density at radius 1 is 1.07 bits per heavy atom. The van der Waals surface area contributed by atoms with Gasteiger partial charge in [0.15, 0.2) is 0 Å². The SMILES string of the molecule is Cc1ccc(OCC(O)CN2CCN(c3ccc(Cl)c(Cl)c3)CC2)cc1.N=S(=O)=O. The molecule has 0 aromatic heterocycles. The highest BCUT2D eigenvalue weighted by Crippen LogP contribution is 2.27. The lowest BCUT2D eigenvalue weighted by molar-refractivity contribution is 0.0663. The van der Waals surface area contributed by atoms with Crippen LogP contribution in [0, 0.1) is 11.7 Å². The predicted molar refractivity (Wildman–Crippen MR) is 119 cm³/mol. The molecule has 10 heteroatoms. The Bertz CT molecular complexity index is 912. The van der Waals surface area contributed by atoms with E-state index in [9.17, 15) is 5.11 Å². The second-order valence-electron chi connectivity index (χ2n) is 6.90. The van der Waals surface area contributed by atoms with E-state index in [1.807, 2.05) is 49.4 Å². The van der Waals surface area contributed by atoms with Crippen molar-refractivity contribution < 1.29 is 18.3 Å². The Morgan fingerprint density at radius 3 is 2.23 bits per heavy atom. The fraction of sp³-hybridized carbons (Fsp3) is 0.400. The standard InChI is InChI=1S/C20H24Cl2N2O2.HNO2S/c1-15-2-5-18(6-3-15)26-14-17(25)13-23-8-10-24(11-9-23)16-4-7-19(21)20(22)12-16;1-4(2)3/h2-7,12,17,25H,8-11,13-14H2,1H3;1H. The zero-order chi connectivity index (χ0) is 22.1. The van der Waals surface area contributed by atoms with E-state index in [2.05, 4.69) is 9.80 Å². The van der Waals surface area contributed by atoms with Gasteiger partial charge in [0.05, 0.1) is 10.0 Å². The van der Waals surface area contributed by atoms with E-state index >= 15 is 0 Å². The first-order valence-electron chi connectivity index (χ1n) is 9.35. The summed E-state index contributed by atoms with van der Waals surface area (Å²) >= 11 is 12.1. The third-order valence-electron chi connectivity index (χ3n) is 4.57. The van der Waals surface area contributed by atoms with Crippen molar-refractivity contribution in [2.24, 2.45) is 0 Å². The minimum absolute atomic E-state index is 0.302. The molecule has 1 fully saturated rings. The second kappa shape index (κ2) is 12.1. The third-order valence-corrected chi connectivity index (χ3v) is 5.31. The molecule has 1 aliphatic heterocycles. The van der Waals surface area contributed by atoms with Gasteiger partial charge in [-0.3, -0.25) is 4.90 Å². The van der Waals surface area contributed by atoms with Crippen LogP contribution in [0.3, 0.4) is 0 Å². The van der Waals surface area contributed by atoms with Gasteiger partial charge >= 0.3 is 10.5 Å². The molecule has 164 valence electrons. The summed E-state index contributed by atoms with van der Waals surface area (Å²) in [5.74, 6) is 0.791. The molecule has 3 rings (SSSR count). The van der Waals surface area contributed by atoms with Crippen LogP contribution in [0.5, 0.6) is 5.75 Å². The summed E-state index contributed by atoms with van der Waals surface area (Å²) in [4.78, 5) is 4.55. The first-order chi connectivity index (χ1) is 14.2. The van der Waals surface area contributed by atoms with Crippen LogP contribution in [0.2, 0.25) is 10.0 Å². The summed E-state index contributed by atoms with van der Waals surface area (Å²) in [6.45, 7) is 6.52. The molecule has 2 N–H and O–H groups in total. The number of hydrogen-bond donors (Lipinski definition) is 2. The van der Waals surface area contributed by atoms with E-state index in [0.29, 0.717) is 23.2 Å². The summed E-state index contributed by atoms with van der Waals surface area (Å²) < 4.78 is 28.5. The van der Waals surface area contributed by atoms with Gasteiger partial charge < -0.3 is 14.7 Å². The Morgan fingerprint density at radius 2 is 1.67 bits per heavy atom. The Hall–Kier alpha value is -1.84. The van der Waals surface area contributed by atoms with Crippen molar-refractivity contribution >= 4 is 39.4 Å². The average Bonchev–Trinajstić information content (AvgIpc) is 2.70. The number of benzene rings is 2. The van der Waals surface area contributed by atoms with E-state index in [1.54, 1.807) is 0 Å². The fourth-order valence-corrected chi connectivity index (χ4v) is 3.34. The topological polar surface area (TPSA) is 93.9 Å². The highest BCUT2D eigenvalue weighted by atomic mass is 35.5. The summed E-state index contributed by atoms with van der Waals surface area (Å²) in [5.41, 5.74) is 2.28. The van der Waals surface area contributed by atoms with E-state index in [-0.39, 0.29) is 0 Å². The van der Waals surface area contributed by atoms with Crippen LogP contribution < -0.4 is 9.64 Å². The number of β-amino-alcohol motifs (C(OH)–C–C–N with tert-alkyl or cyclic N) is 1. The maximum atomic E-state index is 10.3. The maximum absolute atomic E-state index is 10.3. The molecule has 1 saturated heterocycles. The van der Waals surface area contributed by atoms with Crippen molar-refractivity contribution in [1.29, 1.82) is 4.78 Å². The van der Waals surface area contributed by atoms with Crippen molar-refractivity contribution in [1.82, 2.24) is 4.90 Å². The van der Waals surface area contributed by atoms with Crippen molar-refractivity contribution in [3.63, 3.8) is 0 Å². The van der Waals surface area contributed by atoms with Crippen LogP contribution in [-0.4, -0.2) is 63.9 Å². The Balaban J connectivity index is 0.000000735. The van der Waals surface area contributed by atoms with E-state index in [1.165, 1.54) is 5.56 Å². The Labute approximate surface area is 188 Å². The summed E-state index contributed by atoms with van der Waals surface area (Å²) in [5, 5.41) is 11.4. The summed E-state index contributed by atoms with van der Waals surface area (Å²) in [6.07, 6.45) is -0.507. The average molecular weight is 474 g/mol. The van der Waals surface area contributed by atoms with E-state index in [0.717, 1.165) is 37.6 Å². The van der Waals surface area contributed by atoms with Crippen LogP contribution in [0.25, 0.3) is 0 Å². The highest BCUT2D eigenvalue weighted by molar-refractivity contribution is 7.60. The molecular formula is C20H25Cl2N3O4S. The van der Waals surface area contributed by atoms with Gasteiger partial charge in [0.25, 0.3) is 0 Å². The molecule has 0 bridgehead atoms. The van der Waals surface area contributed by atoms with Gasteiger partial charge in [-0.1, -0.05) is 40.9 Å². The lowest BCUT2D eigenvalue weighted by Gasteiger charge is -2.37. The number of piperazine rings is 1. The quantitative estimate of drug-likeness (QED) is 0.666. The number of hydrogen-bond acceptors (Lipinski definition) is 7. The molecule has 0 radical (unpaired) electrons. The smallest absolute Gasteiger partial charge is 0.308 e. The predicted octanol–water partition coefficient (Wildman–Crippen LogP) is 3.49. The van der Waals surface area contributed by atoms with Crippen LogP contribution >= 0.6 is 23.2 Å². The van der Waals surface area contributed by atoms with Crippen LogP contribution in [0.4, 0.5) is 5.69 Å². The number of rotatable bonds is 6. The molecule has 30 heavy (non-hydrogen) atoms. The first kappa shape index (κ1) is 24.4. The molecule has 0 aliphatic carbocycles. The molecule has 1 atom stereocenters. The van der Waals surface area contributed by atoms with Crippen molar-refractivity contribution in [3.05, 3.63) is 58.1 Å². The van der Waals surface area contributed by atoms with Gasteiger partial charge in [-0.05, 0) is 37.3 Å². The molecule has 1 heterocycles. The number of aliphatic hydroxyl groups is 1. The Kier molecular flexibility index (Phi) is 9.87. The normalized spacial score (nSPS) is 15.1. The molecule has 1 aliphatic rings. The van der Waals surface area contributed by atoms with Crippen LogP contribution in [-0.2, 0) is 10.5 Å². The lowest BCUT2D eigenvalue weighted by atomic mass is 10.2. The number of halogens is 2. The van der Waals surface area contributed by atoms with Gasteiger partial charge in [-0.25, -0.2) is 0 Å². The van der Waals surface area contributed by atoms with Gasteiger partial charge in [-0.15, -0.1) is 0 Å². The first-order valence-corrected chi connectivity index (χ1v) is 11.2. The summed E-state index contributed by atoms with van der Waals surface area (Å²) in [7, 11) is -2.61. The number of aryl methyl sites for hydroxylation is 1. The van der Waals surface area contributed by atoms with Gasteiger partial charge in [0.2, 0.25) is 0 Å². The van der Waals surface area contributed by atoms with Gasteiger partial charge in [0.1, 0.15) is 18.5 Å². The van der Waals surface area contributed by atoms with Crippen molar-refractivity contribution in [2.75, 3.05) is 44.2 Å². The van der Waals surface area contributed by atoms with E-state index in [4.69, 9.17) is 41.1 Å².